The predicted molar refractivity (Wildman–Crippen MR) is 105 cm³/mol. The molecule has 0 spiro atoms. The Hall–Kier alpha value is -2.70. The number of carbonyl (C=O) groups excluding carboxylic acids is 2. The molecule has 28 heavy (non-hydrogen) atoms. The van der Waals surface area contributed by atoms with Gasteiger partial charge in [0, 0.05) is 30.6 Å². The highest BCUT2D eigenvalue weighted by atomic mass is 19.1. The Morgan fingerprint density at radius 3 is 2.39 bits per heavy atom. The van der Waals surface area contributed by atoms with Crippen molar-refractivity contribution >= 4 is 22.9 Å². The third-order valence-corrected chi connectivity index (χ3v) is 4.75. The fourth-order valence-corrected chi connectivity index (χ4v) is 3.35. The van der Waals surface area contributed by atoms with E-state index in [-0.39, 0.29) is 29.9 Å². The summed E-state index contributed by atoms with van der Waals surface area (Å²) in [6.07, 6.45) is -0.371. The summed E-state index contributed by atoms with van der Waals surface area (Å²) in [5.41, 5.74) is 0.311. The summed E-state index contributed by atoms with van der Waals surface area (Å²) >= 11 is 0. The van der Waals surface area contributed by atoms with E-state index in [2.05, 4.69) is 4.98 Å². The Labute approximate surface area is 164 Å². The molecule has 2 atom stereocenters. The summed E-state index contributed by atoms with van der Waals surface area (Å²) in [5.74, 6) is -0.538. The number of nitrogens with zero attached hydrogens (tertiary/aromatic N) is 3. The highest BCUT2D eigenvalue weighted by molar-refractivity contribution is 5.95. The van der Waals surface area contributed by atoms with Crippen LogP contribution in [-0.2, 0) is 4.74 Å². The van der Waals surface area contributed by atoms with E-state index in [0.29, 0.717) is 29.7 Å². The molecule has 7 heteroatoms. The van der Waals surface area contributed by atoms with Crippen LogP contribution in [0.25, 0.3) is 10.9 Å². The van der Waals surface area contributed by atoms with Crippen molar-refractivity contribution < 1.29 is 18.7 Å². The molecule has 3 rings (SSSR count). The monoisotopic (exact) mass is 387 g/mol. The lowest BCUT2D eigenvalue weighted by Gasteiger charge is -2.44. The minimum Gasteiger partial charge on any atom is -0.444 e. The van der Waals surface area contributed by atoms with Gasteiger partial charge in [0.05, 0.1) is 5.52 Å². The molecule has 2 heterocycles. The van der Waals surface area contributed by atoms with Crippen LogP contribution in [0.4, 0.5) is 9.18 Å². The minimum atomic E-state index is -0.568. The summed E-state index contributed by atoms with van der Waals surface area (Å²) in [7, 11) is 0. The standard InChI is InChI=1S/C21H26FN3O3/c1-13-12-25(20(27)28-21(3,4)5)14(2)11-24(13)19(26)18-8-6-15-10-16(22)7-9-17(15)23-18/h6-10,13-14H,11-12H2,1-5H3/t13-,14+/m1/s1. The molecule has 1 saturated heterocycles. The molecule has 0 aliphatic carbocycles. The van der Waals surface area contributed by atoms with Crippen molar-refractivity contribution in [1.82, 2.24) is 14.8 Å². The predicted octanol–water partition coefficient (Wildman–Crippen LogP) is 3.84. The molecular formula is C21H26FN3O3. The number of pyridine rings is 1. The third kappa shape index (κ3) is 4.24. The Balaban J connectivity index is 1.77. The fraction of sp³-hybridized carbons (Fsp3) is 0.476. The first-order valence-corrected chi connectivity index (χ1v) is 9.42. The van der Waals surface area contributed by atoms with Crippen molar-refractivity contribution in [3.8, 4) is 0 Å². The smallest absolute Gasteiger partial charge is 0.410 e. The number of halogens is 1. The number of carbonyl (C=O) groups is 2. The second-order valence-electron chi connectivity index (χ2n) is 8.32. The van der Waals surface area contributed by atoms with Crippen molar-refractivity contribution in [2.24, 2.45) is 0 Å². The molecule has 1 aromatic heterocycles. The maximum Gasteiger partial charge on any atom is 0.410 e. The van der Waals surface area contributed by atoms with Gasteiger partial charge in [0.15, 0.2) is 0 Å². The zero-order chi connectivity index (χ0) is 20.6. The van der Waals surface area contributed by atoms with Gasteiger partial charge in [-0.15, -0.1) is 0 Å². The number of hydrogen-bond acceptors (Lipinski definition) is 4. The van der Waals surface area contributed by atoms with Gasteiger partial charge in [-0.1, -0.05) is 6.07 Å². The van der Waals surface area contributed by atoms with Crippen molar-refractivity contribution in [3.05, 3.63) is 41.8 Å². The zero-order valence-electron chi connectivity index (χ0n) is 16.9. The summed E-state index contributed by atoms with van der Waals surface area (Å²) in [4.78, 5) is 33.3. The lowest BCUT2D eigenvalue weighted by atomic mass is 10.1. The first-order chi connectivity index (χ1) is 13.0. The van der Waals surface area contributed by atoms with Gasteiger partial charge < -0.3 is 14.5 Å². The lowest BCUT2D eigenvalue weighted by molar-refractivity contribution is -0.00799. The van der Waals surface area contributed by atoms with Crippen LogP contribution in [0.2, 0.25) is 0 Å². The molecule has 1 aliphatic heterocycles. The number of piperazine rings is 1. The van der Waals surface area contributed by atoms with Gasteiger partial charge in [0.25, 0.3) is 5.91 Å². The molecule has 2 aromatic rings. The maximum absolute atomic E-state index is 13.3. The number of rotatable bonds is 1. The van der Waals surface area contributed by atoms with E-state index < -0.39 is 5.60 Å². The van der Waals surface area contributed by atoms with Crippen LogP contribution in [0.1, 0.15) is 45.1 Å². The molecule has 0 unspecified atom stereocenters. The van der Waals surface area contributed by atoms with E-state index in [9.17, 15) is 14.0 Å². The number of amides is 2. The summed E-state index contributed by atoms with van der Waals surface area (Å²) in [6, 6.07) is 7.24. The highest BCUT2D eigenvalue weighted by Crippen LogP contribution is 2.22. The molecule has 0 saturated carbocycles. The number of ether oxygens (including phenoxy) is 1. The minimum absolute atomic E-state index is 0.176. The maximum atomic E-state index is 13.3. The van der Waals surface area contributed by atoms with Gasteiger partial charge >= 0.3 is 6.09 Å². The van der Waals surface area contributed by atoms with Crippen LogP contribution in [0.5, 0.6) is 0 Å². The average molecular weight is 387 g/mol. The molecule has 1 aliphatic rings. The first kappa shape index (κ1) is 20.0. The Morgan fingerprint density at radius 2 is 1.71 bits per heavy atom. The largest absolute Gasteiger partial charge is 0.444 e. The lowest BCUT2D eigenvalue weighted by Crippen LogP contribution is -2.60. The molecule has 150 valence electrons. The fourth-order valence-electron chi connectivity index (χ4n) is 3.35. The first-order valence-electron chi connectivity index (χ1n) is 9.42. The normalized spacial score (nSPS) is 20.4. The van der Waals surface area contributed by atoms with Crippen molar-refractivity contribution in [1.29, 1.82) is 0 Å². The summed E-state index contributed by atoms with van der Waals surface area (Å²) < 4.78 is 18.8. The van der Waals surface area contributed by atoms with Crippen molar-refractivity contribution in [2.75, 3.05) is 13.1 Å². The molecular weight excluding hydrogens is 361 g/mol. The number of fused-ring (bicyclic) bond motifs is 1. The van der Waals surface area contributed by atoms with Crippen LogP contribution in [-0.4, -0.2) is 57.6 Å². The van der Waals surface area contributed by atoms with E-state index in [1.807, 2.05) is 34.6 Å². The van der Waals surface area contributed by atoms with Crippen LogP contribution in [0.15, 0.2) is 30.3 Å². The van der Waals surface area contributed by atoms with E-state index in [1.165, 1.54) is 12.1 Å². The van der Waals surface area contributed by atoms with Crippen molar-refractivity contribution in [3.63, 3.8) is 0 Å². The van der Waals surface area contributed by atoms with Gasteiger partial charge in [-0.05, 0) is 58.9 Å². The second kappa shape index (κ2) is 7.37. The van der Waals surface area contributed by atoms with E-state index in [0.717, 1.165) is 0 Å². The highest BCUT2D eigenvalue weighted by Gasteiger charge is 2.37. The molecule has 0 radical (unpaired) electrons. The average Bonchev–Trinajstić information content (AvgIpc) is 2.60. The summed E-state index contributed by atoms with van der Waals surface area (Å²) in [6.45, 7) is 10.1. The third-order valence-electron chi connectivity index (χ3n) is 4.75. The Bertz CT molecular complexity index is 909. The molecule has 1 fully saturated rings. The molecule has 0 bridgehead atoms. The van der Waals surface area contributed by atoms with Crippen LogP contribution in [0, 0.1) is 5.82 Å². The zero-order valence-corrected chi connectivity index (χ0v) is 16.9. The van der Waals surface area contributed by atoms with Crippen LogP contribution >= 0.6 is 0 Å². The van der Waals surface area contributed by atoms with E-state index >= 15 is 0 Å². The SMILES string of the molecule is C[C@@H]1CN(C(=O)OC(C)(C)C)[C@@H](C)CN1C(=O)c1ccc2cc(F)ccc2n1. The van der Waals surface area contributed by atoms with Gasteiger partial charge in [0.2, 0.25) is 0 Å². The van der Waals surface area contributed by atoms with E-state index in [4.69, 9.17) is 4.74 Å². The quantitative estimate of drug-likeness (QED) is 0.746. The topological polar surface area (TPSA) is 62.7 Å². The summed E-state index contributed by atoms with van der Waals surface area (Å²) in [5, 5.41) is 0.646. The molecule has 0 N–H and O–H groups in total. The van der Waals surface area contributed by atoms with Gasteiger partial charge in [-0.25, -0.2) is 14.2 Å². The Morgan fingerprint density at radius 1 is 1.07 bits per heavy atom. The number of benzene rings is 1. The molecule has 6 nitrogen and oxygen atoms in total. The number of hydrogen-bond donors (Lipinski definition) is 0. The van der Waals surface area contributed by atoms with Crippen LogP contribution < -0.4 is 0 Å². The van der Waals surface area contributed by atoms with Crippen LogP contribution in [0.3, 0.4) is 0 Å². The van der Waals surface area contributed by atoms with E-state index in [1.54, 1.807) is 28.0 Å². The van der Waals surface area contributed by atoms with Gasteiger partial charge in [-0.3, -0.25) is 4.79 Å². The van der Waals surface area contributed by atoms with Crippen molar-refractivity contribution in [2.45, 2.75) is 52.3 Å². The second-order valence-corrected chi connectivity index (χ2v) is 8.32. The van der Waals surface area contributed by atoms with Gasteiger partial charge in [0.1, 0.15) is 17.1 Å². The van der Waals surface area contributed by atoms with Gasteiger partial charge in [-0.2, -0.15) is 0 Å². The molecule has 2 amide bonds. The molecule has 1 aromatic carbocycles. The Kier molecular flexibility index (Phi) is 5.28. The number of aromatic nitrogens is 1.